The molecule has 1 aromatic carbocycles. The molecular formula is C12H12F2N2O. The first-order valence-electron chi connectivity index (χ1n) is 5.33. The Morgan fingerprint density at radius 3 is 2.71 bits per heavy atom. The molecule has 0 aromatic heterocycles. The second-order valence-electron chi connectivity index (χ2n) is 4.29. The molecule has 17 heavy (non-hydrogen) atoms. The highest BCUT2D eigenvalue weighted by Crippen LogP contribution is 2.38. The highest BCUT2D eigenvalue weighted by molar-refractivity contribution is 5.25. The van der Waals surface area contributed by atoms with Crippen LogP contribution in [0, 0.1) is 28.9 Å². The molecule has 1 unspecified atom stereocenters. The summed E-state index contributed by atoms with van der Waals surface area (Å²) in [6.45, 7) is -0.0866. The molecule has 0 spiro atoms. The normalized spacial score (nSPS) is 18.2. The van der Waals surface area contributed by atoms with Crippen LogP contribution in [0.25, 0.3) is 0 Å². The van der Waals surface area contributed by atoms with Crippen molar-refractivity contribution in [1.29, 1.82) is 5.26 Å². The number of halogens is 2. The predicted molar refractivity (Wildman–Crippen MR) is 57.1 cm³/mol. The molecule has 0 heterocycles. The van der Waals surface area contributed by atoms with Crippen LogP contribution < -0.4 is 10.5 Å². The molecule has 0 radical (unpaired) electrons. The summed E-state index contributed by atoms with van der Waals surface area (Å²) in [5, 5.41) is 8.98. The Morgan fingerprint density at radius 2 is 2.18 bits per heavy atom. The van der Waals surface area contributed by atoms with E-state index in [4.69, 9.17) is 15.7 Å². The maximum absolute atomic E-state index is 13.3. The van der Waals surface area contributed by atoms with Gasteiger partial charge in [-0.1, -0.05) is 0 Å². The monoisotopic (exact) mass is 238 g/mol. The van der Waals surface area contributed by atoms with Crippen LogP contribution in [0.5, 0.6) is 5.75 Å². The zero-order chi connectivity index (χ0) is 12.5. The van der Waals surface area contributed by atoms with Crippen molar-refractivity contribution >= 4 is 0 Å². The van der Waals surface area contributed by atoms with E-state index in [1.54, 1.807) is 0 Å². The minimum atomic E-state index is -1.08. The molecule has 90 valence electrons. The van der Waals surface area contributed by atoms with Gasteiger partial charge in [0.1, 0.15) is 18.0 Å². The fraction of sp³-hybridized carbons (Fsp3) is 0.417. The average Bonchev–Trinajstić information content (AvgIpc) is 3.11. The van der Waals surface area contributed by atoms with E-state index >= 15 is 0 Å². The van der Waals surface area contributed by atoms with E-state index in [1.165, 1.54) is 6.07 Å². The number of benzene rings is 1. The van der Waals surface area contributed by atoms with Gasteiger partial charge >= 0.3 is 0 Å². The van der Waals surface area contributed by atoms with Crippen LogP contribution in [0.3, 0.4) is 0 Å². The van der Waals surface area contributed by atoms with E-state index < -0.39 is 17.2 Å². The molecule has 1 aliphatic carbocycles. The van der Waals surface area contributed by atoms with Gasteiger partial charge in [-0.15, -0.1) is 0 Å². The molecule has 0 aliphatic heterocycles. The Bertz CT molecular complexity index is 468. The highest BCUT2D eigenvalue weighted by atomic mass is 19.1. The molecule has 1 fully saturated rings. The van der Waals surface area contributed by atoms with Crippen LogP contribution in [0.2, 0.25) is 0 Å². The molecule has 5 heteroatoms. The molecule has 0 bridgehead atoms. The van der Waals surface area contributed by atoms with Gasteiger partial charge in [0.25, 0.3) is 0 Å². The number of nitrogens with zero attached hydrogens (tertiary/aromatic N) is 1. The second kappa shape index (κ2) is 4.30. The van der Waals surface area contributed by atoms with Gasteiger partial charge in [-0.05, 0) is 30.9 Å². The third kappa shape index (κ3) is 2.53. The highest BCUT2D eigenvalue weighted by Gasteiger charge is 2.43. The summed E-state index contributed by atoms with van der Waals surface area (Å²) in [5.41, 5.74) is 4.77. The summed E-state index contributed by atoms with van der Waals surface area (Å²) in [7, 11) is 0. The molecule has 0 saturated heterocycles. The quantitative estimate of drug-likeness (QED) is 0.872. The topological polar surface area (TPSA) is 59.0 Å². The maximum Gasteiger partial charge on any atom is 0.167 e. The summed E-state index contributed by atoms with van der Waals surface area (Å²) in [4.78, 5) is 0. The van der Waals surface area contributed by atoms with E-state index in [0.717, 1.165) is 25.0 Å². The Hall–Kier alpha value is -1.67. The van der Waals surface area contributed by atoms with Gasteiger partial charge in [0.2, 0.25) is 0 Å². The predicted octanol–water partition coefficient (Wildman–Crippen LogP) is 1.97. The SMILES string of the molecule is N#CC(N)(COc1ccc(F)cc1F)C1CC1. The molecule has 1 aliphatic rings. The first-order valence-corrected chi connectivity index (χ1v) is 5.33. The molecule has 2 rings (SSSR count). The van der Waals surface area contributed by atoms with Gasteiger partial charge in [0.15, 0.2) is 11.6 Å². The van der Waals surface area contributed by atoms with Gasteiger partial charge in [-0.25, -0.2) is 8.78 Å². The fourth-order valence-electron chi connectivity index (χ4n) is 1.63. The molecule has 0 amide bonds. The lowest BCUT2D eigenvalue weighted by Crippen LogP contribution is -2.46. The zero-order valence-electron chi connectivity index (χ0n) is 9.12. The Morgan fingerprint density at radius 1 is 1.47 bits per heavy atom. The van der Waals surface area contributed by atoms with Gasteiger partial charge in [0.05, 0.1) is 6.07 Å². The third-order valence-electron chi connectivity index (χ3n) is 2.87. The Labute approximate surface area is 97.8 Å². The van der Waals surface area contributed by atoms with Gasteiger partial charge in [0, 0.05) is 6.07 Å². The molecule has 1 aromatic rings. The summed E-state index contributed by atoms with van der Waals surface area (Å²) < 4.78 is 31.1. The van der Waals surface area contributed by atoms with Crippen molar-refractivity contribution < 1.29 is 13.5 Å². The van der Waals surface area contributed by atoms with Crippen LogP contribution in [-0.2, 0) is 0 Å². The molecular weight excluding hydrogens is 226 g/mol. The van der Waals surface area contributed by atoms with Crippen LogP contribution in [0.15, 0.2) is 18.2 Å². The van der Waals surface area contributed by atoms with Crippen LogP contribution >= 0.6 is 0 Å². The van der Waals surface area contributed by atoms with Crippen molar-refractivity contribution in [3.63, 3.8) is 0 Å². The van der Waals surface area contributed by atoms with Crippen molar-refractivity contribution in [3.8, 4) is 11.8 Å². The number of nitrogens with two attached hydrogens (primary N) is 1. The third-order valence-corrected chi connectivity index (χ3v) is 2.87. The molecule has 2 N–H and O–H groups in total. The second-order valence-corrected chi connectivity index (χ2v) is 4.29. The van der Waals surface area contributed by atoms with E-state index in [1.807, 2.05) is 6.07 Å². The number of ether oxygens (including phenoxy) is 1. The summed E-state index contributed by atoms with van der Waals surface area (Å²) in [6, 6.07) is 5.02. The van der Waals surface area contributed by atoms with E-state index in [0.29, 0.717) is 0 Å². The molecule has 1 saturated carbocycles. The molecule has 3 nitrogen and oxygen atoms in total. The van der Waals surface area contributed by atoms with Gasteiger partial charge in [-0.3, -0.25) is 0 Å². The van der Waals surface area contributed by atoms with E-state index in [2.05, 4.69) is 0 Å². The van der Waals surface area contributed by atoms with Crippen molar-refractivity contribution in [2.75, 3.05) is 6.61 Å². The lowest BCUT2D eigenvalue weighted by Gasteiger charge is -2.21. The van der Waals surface area contributed by atoms with Crippen LogP contribution in [0.1, 0.15) is 12.8 Å². The minimum Gasteiger partial charge on any atom is -0.487 e. The largest absolute Gasteiger partial charge is 0.487 e. The number of rotatable bonds is 4. The number of hydrogen-bond donors (Lipinski definition) is 1. The van der Waals surface area contributed by atoms with Crippen molar-refractivity contribution in [2.45, 2.75) is 18.4 Å². The van der Waals surface area contributed by atoms with Crippen molar-refractivity contribution in [3.05, 3.63) is 29.8 Å². The van der Waals surface area contributed by atoms with E-state index in [9.17, 15) is 8.78 Å². The van der Waals surface area contributed by atoms with Crippen molar-refractivity contribution in [2.24, 2.45) is 11.7 Å². The summed E-state index contributed by atoms with van der Waals surface area (Å²) >= 11 is 0. The number of hydrogen-bond acceptors (Lipinski definition) is 3. The zero-order valence-corrected chi connectivity index (χ0v) is 9.12. The lowest BCUT2D eigenvalue weighted by molar-refractivity contribution is 0.228. The lowest BCUT2D eigenvalue weighted by atomic mass is 9.98. The first kappa shape index (κ1) is 11.8. The Balaban J connectivity index is 2.04. The first-order chi connectivity index (χ1) is 8.05. The molecule has 1 atom stereocenters. The van der Waals surface area contributed by atoms with Gasteiger partial charge in [-0.2, -0.15) is 5.26 Å². The van der Waals surface area contributed by atoms with Gasteiger partial charge < -0.3 is 10.5 Å². The number of nitriles is 1. The summed E-state index contributed by atoms with van der Waals surface area (Å²) in [5.74, 6) is -1.44. The van der Waals surface area contributed by atoms with Crippen molar-refractivity contribution in [1.82, 2.24) is 0 Å². The fourth-order valence-corrected chi connectivity index (χ4v) is 1.63. The van der Waals surface area contributed by atoms with E-state index in [-0.39, 0.29) is 18.3 Å². The summed E-state index contributed by atoms with van der Waals surface area (Å²) in [6.07, 6.45) is 1.78. The maximum atomic E-state index is 13.3. The van der Waals surface area contributed by atoms with Crippen LogP contribution in [-0.4, -0.2) is 12.1 Å². The Kier molecular flexibility index (Phi) is 2.99. The smallest absolute Gasteiger partial charge is 0.167 e. The van der Waals surface area contributed by atoms with Crippen LogP contribution in [0.4, 0.5) is 8.78 Å². The minimum absolute atomic E-state index is 0.0860. The standard InChI is InChI=1S/C12H12F2N2O/c13-9-3-4-11(10(14)5-9)17-7-12(16,6-15)8-1-2-8/h3-5,8H,1-2,7,16H2. The average molecular weight is 238 g/mol.